The minimum absolute atomic E-state index is 0.0105. The summed E-state index contributed by atoms with van der Waals surface area (Å²) in [5.74, 6) is -0.300. The third-order valence-corrected chi connectivity index (χ3v) is 3.86. The zero-order valence-corrected chi connectivity index (χ0v) is 14.1. The molecule has 0 saturated heterocycles. The van der Waals surface area contributed by atoms with Gasteiger partial charge in [-0.1, -0.05) is 6.07 Å². The molecule has 130 valence electrons. The fourth-order valence-electron chi connectivity index (χ4n) is 2.48. The predicted octanol–water partition coefficient (Wildman–Crippen LogP) is 2.78. The lowest BCUT2D eigenvalue weighted by Crippen LogP contribution is -2.19. The maximum atomic E-state index is 11.8. The maximum absolute atomic E-state index is 11.8. The molecule has 1 amide bonds. The van der Waals surface area contributed by atoms with E-state index in [0.717, 1.165) is 5.56 Å². The lowest BCUT2D eigenvalue weighted by atomic mass is 10.0. The number of nitrogens with one attached hydrogen (secondary N) is 1. The first-order valence-corrected chi connectivity index (χ1v) is 7.75. The van der Waals surface area contributed by atoms with Crippen LogP contribution in [0.15, 0.2) is 48.9 Å². The molecule has 8 heteroatoms. The fourth-order valence-corrected chi connectivity index (χ4v) is 2.48. The minimum atomic E-state index is -0.446. The number of aromatic nitrogens is 3. The standard InChI is InChI=1S/C18H15N5O3/c1-11-3-4-13(23(25)26)8-14(11)17-10-20-9-16(22-17)12-5-6-21-15(7-12)18(24)19-2/h3-10H,1-2H3,(H,19,24). The van der Waals surface area contributed by atoms with E-state index in [1.807, 2.05) is 6.92 Å². The second kappa shape index (κ2) is 7.06. The van der Waals surface area contributed by atoms with Gasteiger partial charge in [-0.25, -0.2) is 4.98 Å². The number of carbonyl (C=O) groups is 1. The van der Waals surface area contributed by atoms with Crippen LogP contribution in [0.5, 0.6) is 0 Å². The average molecular weight is 349 g/mol. The van der Waals surface area contributed by atoms with Crippen LogP contribution >= 0.6 is 0 Å². The Morgan fingerprint density at radius 3 is 2.65 bits per heavy atom. The summed E-state index contributed by atoms with van der Waals surface area (Å²) >= 11 is 0. The Kier molecular flexibility index (Phi) is 4.66. The first-order valence-electron chi connectivity index (χ1n) is 7.75. The summed E-state index contributed by atoms with van der Waals surface area (Å²) in [5.41, 5.74) is 3.48. The van der Waals surface area contributed by atoms with Gasteiger partial charge >= 0.3 is 0 Å². The molecule has 0 spiro atoms. The number of nitrogens with zero attached hydrogens (tertiary/aromatic N) is 4. The molecular weight excluding hydrogens is 334 g/mol. The first-order chi connectivity index (χ1) is 12.5. The van der Waals surface area contributed by atoms with Crippen LogP contribution in [0.3, 0.4) is 0 Å². The monoisotopic (exact) mass is 349 g/mol. The maximum Gasteiger partial charge on any atom is 0.270 e. The van der Waals surface area contributed by atoms with Gasteiger partial charge in [-0.05, 0) is 24.6 Å². The highest BCUT2D eigenvalue weighted by Crippen LogP contribution is 2.27. The van der Waals surface area contributed by atoms with Gasteiger partial charge in [0.2, 0.25) is 0 Å². The molecule has 26 heavy (non-hydrogen) atoms. The van der Waals surface area contributed by atoms with E-state index in [1.54, 1.807) is 30.6 Å². The van der Waals surface area contributed by atoms with Gasteiger partial charge in [0.05, 0.1) is 28.7 Å². The van der Waals surface area contributed by atoms with Crippen LogP contribution in [-0.2, 0) is 0 Å². The van der Waals surface area contributed by atoms with Gasteiger partial charge in [-0.15, -0.1) is 0 Å². The Labute approximate surface area is 149 Å². The molecule has 0 atom stereocenters. The molecule has 0 fully saturated rings. The van der Waals surface area contributed by atoms with E-state index in [9.17, 15) is 14.9 Å². The average Bonchev–Trinajstić information content (AvgIpc) is 2.67. The molecule has 1 N–H and O–H groups in total. The van der Waals surface area contributed by atoms with Crippen LogP contribution in [-0.4, -0.2) is 32.8 Å². The fraction of sp³-hybridized carbons (Fsp3) is 0.111. The summed E-state index contributed by atoms with van der Waals surface area (Å²) in [6.45, 7) is 1.85. The normalized spacial score (nSPS) is 10.4. The Morgan fingerprint density at radius 1 is 1.15 bits per heavy atom. The van der Waals surface area contributed by atoms with Crippen molar-refractivity contribution in [3.05, 3.63) is 70.3 Å². The number of rotatable bonds is 4. The van der Waals surface area contributed by atoms with Crippen LogP contribution in [0.4, 0.5) is 5.69 Å². The third kappa shape index (κ3) is 3.39. The molecule has 0 unspecified atom stereocenters. The van der Waals surface area contributed by atoms with Crippen molar-refractivity contribution in [1.29, 1.82) is 0 Å². The van der Waals surface area contributed by atoms with Crippen molar-refractivity contribution >= 4 is 11.6 Å². The Morgan fingerprint density at radius 2 is 1.92 bits per heavy atom. The van der Waals surface area contributed by atoms with Crippen LogP contribution in [0, 0.1) is 17.0 Å². The number of hydrogen-bond acceptors (Lipinski definition) is 6. The number of carbonyl (C=O) groups excluding carboxylic acids is 1. The van der Waals surface area contributed by atoms with E-state index in [0.29, 0.717) is 22.5 Å². The van der Waals surface area contributed by atoms with E-state index < -0.39 is 4.92 Å². The highest BCUT2D eigenvalue weighted by atomic mass is 16.6. The number of non-ortho nitro benzene ring substituents is 1. The molecule has 3 rings (SSSR count). The van der Waals surface area contributed by atoms with Crippen molar-refractivity contribution in [3.8, 4) is 22.5 Å². The first kappa shape index (κ1) is 17.2. The van der Waals surface area contributed by atoms with Crippen molar-refractivity contribution in [3.63, 3.8) is 0 Å². The van der Waals surface area contributed by atoms with Gasteiger partial charge in [-0.2, -0.15) is 0 Å². The number of hydrogen-bond donors (Lipinski definition) is 1. The predicted molar refractivity (Wildman–Crippen MR) is 95.5 cm³/mol. The number of nitro groups is 1. The van der Waals surface area contributed by atoms with Gasteiger partial charge in [0.15, 0.2) is 0 Å². The summed E-state index contributed by atoms with van der Waals surface area (Å²) < 4.78 is 0. The van der Waals surface area contributed by atoms with E-state index in [-0.39, 0.29) is 17.3 Å². The SMILES string of the molecule is CNC(=O)c1cc(-c2cncc(-c3cc([N+](=O)[O-])ccc3C)n2)ccn1. The van der Waals surface area contributed by atoms with Crippen molar-refractivity contribution in [2.75, 3.05) is 7.05 Å². The van der Waals surface area contributed by atoms with Crippen LogP contribution < -0.4 is 5.32 Å². The number of amides is 1. The van der Waals surface area contributed by atoms with Crippen molar-refractivity contribution in [1.82, 2.24) is 20.3 Å². The highest BCUT2D eigenvalue weighted by Gasteiger charge is 2.13. The van der Waals surface area contributed by atoms with E-state index >= 15 is 0 Å². The molecule has 0 radical (unpaired) electrons. The number of aryl methyl sites for hydroxylation is 1. The zero-order chi connectivity index (χ0) is 18.7. The van der Waals surface area contributed by atoms with Crippen LogP contribution in [0.1, 0.15) is 16.1 Å². The summed E-state index contributed by atoms with van der Waals surface area (Å²) in [6.07, 6.45) is 4.64. The number of benzene rings is 1. The van der Waals surface area contributed by atoms with Gasteiger partial charge < -0.3 is 5.32 Å². The molecule has 0 saturated carbocycles. The number of nitro benzene ring substituents is 1. The molecule has 2 heterocycles. The highest BCUT2D eigenvalue weighted by molar-refractivity contribution is 5.93. The second-order valence-electron chi connectivity index (χ2n) is 5.55. The zero-order valence-electron chi connectivity index (χ0n) is 14.1. The summed E-state index contributed by atoms with van der Waals surface area (Å²) in [4.78, 5) is 35.1. The van der Waals surface area contributed by atoms with Crippen molar-refractivity contribution in [2.24, 2.45) is 0 Å². The van der Waals surface area contributed by atoms with Gasteiger partial charge in [0.1, 0.15) is 5.69 Å². The van der Waals surface area contributed by atoms with E-state index in [2.05, 4.69) is 20.3 Å². The van der Waals surface area contributed by atoms with Crippen LogP contribution in [0.2, 0.25) is 0 Å². The Hall–Kier alpha value is -3.68. The second-order valence-corrected chi connectivity index (χ2v) is 5.55. The molecule has 0 aliphatic rings. The minimum Gasteiger partial charge on any atom is -0.354 e. The molecule has 8 nitrogen and oxygen atoms in total. The third-order valence-electron chi connectivity index (χ3n) is 3.86. The molecule has 2 aromatic heterocycles. The molecule has 3 aromatic rings. The molecule has 0 bridgehead atoms. The molecular formula is C18H15N5O3. The molecule has 1 aromatic carbocycles. The Bertz CT molecular complexity index is 1000. The summed E-state index contributed by atoms with van der Waals surface area (Å²) in [7, 11) is 1.53. The van der Waals surface area contributed by atoms with Crippen molar-refractivity contribution < 1.29 is 9.72 Å². The van der Waals surface area contributed by atoms with Crippen LogP contribution in [0.25, 0.3) is 22.5 Å². The molecule has 0 aliphatic heterocycles. The summed E-state index contributed by atoms with van der Waals surface area (Å²) in [6, 6.07) is 7.95. The topological polar surface area (TPSA) is 111 Å². The van der Waals surface area contributed by atoms with Gasteiger partial charge in [-0.3, -0.25) is 24.9 Å². The van der Waals surface area contributed by atoms with Crippen molar-refractivity contribution in [2.45, 2.75) is 6.92 Å². The number of pyridine rings is 1. The lowest BCUT2D eigenvalue weighted by molar-refractivity contribution is -0.384. The summed E-state index contributed by atoms with van der Waals surface area (Å²) in [5, 5.41) is 13.6. The lowest BCUT2D eigenvalue weighted by Gasteiger charge is -2.08. The Balaban J connectivity index is 2.06. The smallest absolute Gasteiger partial charge is 0.270 e. The largest absolute Gasteiger partial charge is 0.354 e. The van der Waals surface area contributed by atoms with Gasteiger partial charge in [0, 0.05) is 36.5 Å². The van der Waals surface area contributed by atoms with E-state index in [1.165, 1.54) is 25.4 Å². The quantitative estimate of drug-likeness (QED) is 0.573. The molecule has 0 aliphatic carbocycles. The van der Waals surface area contributed by atoms with Gasteiger partial charge in [0.25, 0.3) is 11.6 Å². The van der Waals surface area contributed by atoms with E-state index in [4.69, 9.17) is 0 Å².